The van der Waals surface area contributed by atoms with Crippen molar-refractivity contribution >= 4 is 6.09 Å². The number of carbonyl (C=O) groups is 1. The highest BCUT2D eigenvalue weighted by Crippen LogP contribution is 2.48. The minimum absolute atomic E-state index is 0.166. The summed E-state index contributed by atoms with van der Waals surface area (Å²) in [6.45, 7) is 7.09. The summed E-state index contributed by atoms with van der Waals surface area (Å²) >= 11 is 0. The number of ether oxygens (including phenoxy) is 2. The van der Waals surface area contributed by atoms with Crippen LogP contribution in [0, 0.1) is 5.41 Å². The molecule has 4 nitrogen and oxygen atoms in total. The highest BCUT2D eigenvalue weighted by molar-refractivity contribution is 5.68. The molecule has 0 saturated heterocycles. The fraction of sp³-hybridized carbons (Fsp3) is 0.409. The molecule has 3 rings (SSSR count). The van der Waals surface area contributed by atoms with Crippen LogP contribution in [-0.4, -0.2) is 12.7 Å². The van der Waals surface area contributed by atoms with Crippen LogP contribution in [0.3, 0.4) is 0 Å². The highest BCUT2D eigenvalue weighted by atomic mass is 16.6. The van der Waals surface area contributed by atoms with Gasteiger partial charge in [0, 0.05) is 5.41 Å². The van der Waals surface area contributed by atoms with Gasteiger partial charge >= 0.3 is 6.09 Å². The van der Waals surface area contributed by atoms with Crippen molar-refractivity contribution in [2.75, 3.05) is 6.61 Å². The molecule has 2 aromatic rings. The van der Waals surface area contributed by atoms with Gasteiger partial charge in [-0.1, -0.05) is 57.5 Å². The number of amides is 1. The minimum Gasteiger partial charge on any atom is -0.494 e. The molecule has 0 aliphatic heterocycles. The van der Waals surface area contributed by atoms with Crippen LogP contribution in [0.2, 0.25) is 0 Å². The van der Waals surface area contributed by atoms with E-state index in [1.807, 2.05) is 12.1 Å². The van der Waals surface area contributed by atoms with Gasteiger partial charge in [-0.05, 0) is 47.2 Å². The van der Waals surface area contributed by atoms with Gasteiger partial charge in [0.1, 0.15) is 11.9 Å². The van der Waals surface area contributed by atoms with Crippen molar-refractivity contribution in [3.8, 4) is 16.9 Å². The molecule has 26 heavy (non-hydrogen) atoms. The lowest BCUT2D eigenvalue weighted by Crippen LogP contribution is -2.25. The van der Waals surface area contributed by atoms with Crippen molar-refractivity contribution in [2.45, 2.75) is 46.1 Å². The van der Waals surface area contributed by atoms with Crippen molar-refractivity contribution in [2.24, 2.45) is 11.1 Å². The predicted molar refractivity (Wildman–Crippen MR) is 103 cm³/mol. The summed E-state index contributed by atoms with van der Waals surface area (Å²) in [5, 5.41) is 0. The van der Waals surface area contributed by atoms with Crippen LogP contribution >= 0.6 is 0 Å². The number of rotatable bonds is 6. The summed E-state index contributed by atoms with van der Waals surface area (Å²) < 4.78 is 11.2. The lowest BCUT2D eigenvalue weighted by molar-refractivity contribution is 0.0392. The molecule has 1 unspecified atom stereocenters. The topological polar surface area (TPSA) is 61.6 Å². The fourth-order valence-electron chi connectivity index (χ4n) is 3.64. The van der Waals surface area contributed by atoms with Crippen LogP contribution in [0.5, 0.6) is 5.75 Å². The monoisotopic (exact) mass is 353 g/mol. The van der Waals surface area contributed by atoms with E-state index in [0.717, 1.165) is 48.3 Å². The summed E-state index contributed by atoms with van der Waals surface area (Å²) in [4.78, 5) is 11.3. The zero-order chi connectivity index (χ0) is 18.7. The Morgan fingerprint density at radius 1 is 1.19 bits per heavy atom. The number of hydrogen-bond donors (Lipinski definition) is 1. The van der Waals surface area contributed by atoms with E-state index >= 15 is 0 Å². The molecule has 0 bridgehead atoms. The Balaban J connectivity index is 1.86. The van der Waals surface area contributed by atoms with E-state index in [1.165, 1.54) is 5.56 Å². The average molecular weight is 353 g/mol. The van der Waals surface area contributed by atoms with Gasteiger partial charge in [0.25, 0.3) is 0 Å². The zero-order valence-corrected chi connectivity index (χ0v) is 15.7. The van der Waals surface area contributed by atoms with E-state index in [2.05, 4.69) is 51.1 Å². The van der Waals surface area contributed by atoms with Gasteiger partial charge in [-0.25, -0.2) is 4.79 Å². The Labute approximate surface area is 155 Å². The van der Waals surface area contributed by atoms with Crippen LogP contribution in [-0.2, 0) is 11.2 Å². The molecule has 0 radical (unpaired) electrons. The Morgan fingerprint density at radius 2 is 1.96 bits per heavy atom. The van der Waals surface area contributed by atoms with Gasteiger partial charge in [-0.2, -0.15) is 0 Å². The second-order valence-corrected chi connectivity index (χ2v) is 7.63. The summed E-state index contributed by atoms with van der Waals surface area (Å²) in [7, 11) is 0. The molecule has 0 aromatic heterocycles. The number of carbonyl (C=O) groups excluding carboxylic acids is 1. The van der Waals surface area contributed by atoms with Crippen LogP contribution in [0.15, 0.2) is 42.5 Å². The molecular formula is C22H27NO3. The van der Waals surface area contributed by atoms with Gasteiger partial charge in [-0.3, -0.25) is 0 Å². The quantitative estimate of drug-likeness (QED) is 0.721. The molecule has 1 aliphatic rings. The second kappa shape index (κ2) is 7.40. The number of hydrogen-bond acceptors (Lipinski definition) is 3. The van der Waals surface area contributed by atoms with Crippen LogP contribution < -0.4 is 10.5 Å². The molecule has 0 heterocycles. The Hall–Kier alpha value is -2.49. The van der Waals surface area contributed by atoms with E-state index in [0.29, 0.717) is 0 Å². The standard InChI is InChI=1S/C22H27NO3/c1-4-5-11-25-18-8-6-7-15(13-18)16-9-10-19-17(12-16)14-22(2,3)20(19)26-21(23)24/h6-10,12-13,20H,4-5,11,14H2,1-3H3,(H2,23,24). The first-order chi connectivity index (χ1) is 12.4. The Morgan fingerprint density at radius 3 is 2.69 bits per heavy atom. The molecule has 2 N–H and O–H groups in total. The van der Waals surface area contributed by atoms with Crippen LogP contribution in [0.25, 0.3) is 11.1 Å². The molecule has 2 aromatic carbocycles. The first kappa shape index (κ1) is 18.3. The van der Waals surface area contributed by atoms with Crippen molar-refractivity contribution in [1.29, 1.82) is 0 Å². The number of nitrogens with two attached hydrogens (primary N) is 1. The Bertz CT molecular complexity index is 798. The van der Waals surface area contributed by atoms with Gasteiger partial charge in [-0.15, -0.1) is 0 Å². The maximum atomic E-state index is 11.3. The molecular weight excluding hydrogens is 326 g/mol. The normalized spacial score (nSPS) is 17.6. The van der Waals surface area contributed by atoms with E-state index in [-0.39, 0.29) is 11.5 Å². The lowest BCUT2D eigenvalue weighted by atomic mass is 9.87. The highest BCUT2D eigenvalue weighted by Gasteiger charge is 2.41. The third-order valence-corrected chi connectivity index (χ3v) is 4.95. The third kappa shape index (κ3) is 3.85. The first-order valence-electron chi connectivity index (χ1n) is 9.23. The lowest BCUT2D eigenvalue weighted by Gasteiger charge is -2.26. The van der Waals surface area contributed by atoms with Crippen molar-refractivity contribution < 1.29 is 14.3 Å². The summed E-state index contributed by atoms with van der Waals surface area (Å²) in [5.41, 5.74) is 9.61. The van der Waals surface area contributed by atoms with Crippen LogP contribution in [0.4, 0.5) is 4.79 Å². The van der Waals surface area contributed by atoms with E-state index in [1.54, 1.807) is 0 Å². The van der Waals surface area contributed by atoms with Gasteiger partial charge in [0.05, 0.1) is 6.61 Å². The van der Waals surface area contributed by atoms with Crippen molar-refractivity contribution in [3.05, 3.63) is 53.6 Å². The molecule has 0 fully saturated rings. The Kier molecular flexibility index (Phi) is 5.21. The van der Waals surface area contributed by atoms with E-state index in [4.69, 9.17) is 15.2 Å². The maximum Gasteiger partial charge on any atom is 0.405 e. The van der Waals surface area contributed by atoms with Gasteiger partial charge in [0.2, 0.25) is 0 Å². The van der Waals surface area contributed by atoms with Crippen LogP contribution in [0.1, 0.15) is 50.8 Å². The molecule has 0 saturated carbocycles. The van der Waals surface area contributed by atoms with Gasteiger partial charge in [0.15, 0.2) is 0 Å². The maximum absolute atomic E-state index is 11.3. The van der Waals surface area contributed by atoms with E-state index < -0.39 is 6.09 Å². The third-order valence-electron chi connectivity index (χ3n) is 4.95. The molecule has 138 valence electrons. The van der Waals surface area contributed by atoms with E-state index in [9.17, 15) is 4.79 Å². The second-order valence-electron chi connectivity index (χ2n) is 7.63. The number of primary amides is 1. The SMILES string of the molecule is CCCCOc1cccc(-c2ccc3c(c2)CC(C)(C)C3OC(N)=O)c1. The molecule has 1 atom stereocenters. The minimum atomic E-state index is -0.725. The predicted octanol–water partition coefficient (Wildman–Crippen LogP) is 5.25. The zero-order valence-electron chi connectivity index (χ0n) is 15.7. The summed E-state index contributed by atoms with van der Waals surface area (Å²) in [6.07, 6.45) is 2.00. The number of unbranched alkanes of at least 4 members (excludes halogenated alkanes) is 1. The van der Waals surface area contributed by atoms with Crippen molar-refractivity contribution in [1.82, 2.24) is 0 Å². The molecule has 1 amide bonds. The van der Waals surface area contributed by atoms with Gasteiger partial charge < -0.3 is 15.2 Å². The first-order valence-corrected chi connectivity index (χ1v) is 9.23. The molecule has 1 aliphatic carbocycles. The summed E-state index contributed by atoms with van der Waals surface area (Å²) in [5.74, 6) is 0.895. The smallest absolute Gasteiger partial charge is 0.405 e. The summed E-state index contributed by atoms with van der Waals surface area (Å²) in [6, 6.07) is 14.5. The average Bonchev–Trinajstić information content (AvgIpc) is 2.84. The molecule has 4 heteroatoms. The van der Waals surface area contributed by atoms with Crippen molar-refractivity contribution in [3.63, 3.8) is 0 Å². The fourth-order valence-corrected chi connectivity index (χ4v) is 3.64. The number of benzene rings is 2. The number of fused-ring (bicyclic) bond motifs is 1. The largest absolute Gasteiger partial charge is 0.494 e. The molecule has 0 spiro atoms.